The normalized spacial score (nSPS) is 10.5. The highest BCUT2D eigenvalue weighted by molar-refractivity contribution is 14.1. The van der Waals surface area contributed by atoms with Crippen LogP contribution in [0, 0.1) is 9.49 Å². The van der Waals surface area contributed by atoms with E-state index in [0.29, 0.717) is 5.92 Å². The second-order valence-corrected chi connectivity index (χ2v) is 5.30. The zero-order valence-electron chi connectivity index (χ0n) is 7.68. The monoisotopic (exact) mass is 354 g/mol. The van der Waals surface area contributed by atoms with E-state index in [4.69, 9.17) is 4.74 Å². The summed E-state index contributed by atoms with van der Waals surface area (Å²) in [5.74, 6) is 1.50. The Bertz CT molecular complexity index is 286. The van der Waals surface area contributed by atoms with E-state index in [-0.39, 0.29) is 0 Å². The average Bonchev–Trinajstić information content (AvgIpc) is 2.07. The van der Waals surface area contributed by atoms with Gasteiger partial charge >= 0.3 is 0 Å². The van der Waals surface area contributed by atoms with Crippen LogP contribution in [0.2, 0.25) is 0 Å². The second-order valence-electron chi connectivity index (χ2n) is 3.28. The third-order valence-electron chi connectivity index (χ3n) is 1.47. The first-order valence-electron chi connectivity index (χ1n) is 4.17. The number of rotatable bonds is 3. The molecule has 0 unspecified atom stereocenters. The van der Waals surface area contributed by atoms with Crippen LogP contribution in [0.5, 0.6) is 5.75 Å². The summed E-state index contributed by atoms with van der Waals surface area (Å²) in [4.78, 5) is 0. The molecule has 0 fully saturated rings. The number of hydrogen-bond acceptors (Lipinski definition) is 1. The molecule has 0 bridgehead atoms. The van der Waals surface area contributed by atoms with Crippen LogP contribution < -0.4 is 4.74 Å². The van der Waals surface area contributed by atoms with Crippen molar-refractivity contribution in [3.05, 3.63) is 26.2 Å². The lowest BCUT2D eigenvalue weighted by Crippen LogP contribution is -2.04. The van der Waals surface area contributed by atoms with Crippen molar-refractivity contribution >= 4 is 38.5 Å². The summed E-state index contributed by atoms with van der Waals surface area (Å²) in [6.07, 6.45) is 0. The first kappa shape index (κ1) is 11.3. The van der Waals surface area contributed by atoms with Gasteiger partial charge in [-0.1, -0.05) is 13.8 Å². The fourth-order valence-corrected chi connectivity index (χ4v) is 1.52. The van der Waals surface area contributed by atoms with Gasteiger partial charge in [-0.25, -0.2) is 0 Å². The van der Waals surface area contributed by atoms with Crippen molar-refractivity contribution in [3.63, 3.8) is 0 Å². The van der Waals surface area contributed by atoms with Gasteiger partial charge in [0.1, 0.15) is 5.75 Å². The van der Waals surface area contributed by atoms with E-state index >= 15 is 0 Å². The molecule has 1 aromatic carbocycles. The van der Waals surface area contributed by atoms with E-state index in [9.17, 15) is 0 Å². The molecule has 0 saturated heterocycles. The zero-order valence-corrected chi connectivity index (χ0v) is 11.4. The highest BCUT2D eigenvalue weighted by atomic mass is 127. The topological polar surface area (TPSA) is 9.23 Å². The number of hydrogen-bond donors (Lipinski definition) is 0. The summed E-state index contributed by atoms with van der Waals surface area (Å²) >= 11 is 5.75. The molecule has 72 valence electrons. The molecular weight excluding hydrogens is 343 g/mol. The van der Waals surface area contributed by atoms with Crippen molar-refractivity contribution < 1.29 is 4.74 Å². The molecule has 1 aromatic rings. The molecule has 0 aromatic heterocycles. The summed E-state index contributed by atoms with van der Waals surface area (Å²) in [5, 5.41) is 0. The molecule has 0 amide bonds. The Morgan fingerprint density at radius 3 is 2.69 bits per heavy atom. The Hall–Kier alpha value is 0.230. The standard InChI is InChI=1S/C10H12BrIO/c1-7(2)6-13-8-3-4-10(12)9(11)5-8/h3-5,7H,6H2,1-2H3. The molecule has 0 aliphatic carbocycles. The quantitative estimate of drug-likeness (QED) is 0.743. The predicted octanol–water partition coefficient (Wildman–Crippen LogP) is 4.09. The minimum absolute atomic E-state index is 0.568. The van der Waals surface area contributed by atoms with Gasteiger partial charge in [-0.05, 0) is 62.6 Å². The van der Waals surface area contributed by atoms with Gasteiger partial charge in [0.15, 0.2) is 0 Å². The Balaban J connectivity index is 2.63. The van der Waals surface area contributed by atoms with Crippen LogP contribution in [-0.4, -0.2) is 6.61 Å². The lowest BCUT2D eigenvalue weighted by Gasteiger charge is -2.09. The molecule has 1 nitrogen and oxygen atoms in total. The van der Waals surface area contributed by atoms with Crippen LogP contribution in [0.1, 0.15) is 13.8 Å². The van der Waals surface area contributed by atoms with E-state index in [0.717, 1.165) is 16.8 Å². The first-order valence-corrected chi connectivity index (χ1v) is 6.04. The maximum atomic E-state index is 5.57. The maximum Gasteiger partial charge on any atom is 0.120 e. The van der Waals surface area contributed by atoms with Gasteiger partial charge in [-0.3, -0.25) is 0 Å². The van der Waals surface area contributed by atoms with Crippen molar-refractivity contribution in [2.75, 3.05) is 6.61 Å². The minimum Gasteiger partial charge on any atom is -0.493 e. The number of ether oxygens (including phenoxy) is 1. The second kappa shape index (κ2) is 5.20. The fourth-order valence-electron chi connectivity index (χ4n) is 0.830. The van der Waals surface area contributed by atoms with E-state index in [1.807, 2.05) is 18.2 Å². The number of benzene rings is 1. The molecule has 3 heteroatoms. The van der Waals surface area contributed by atoms with Gasteiger partial charge in [0.25, 0.3) is 0 Å². The van der Waals surface area contributed by atoms with Crippen molar-refractivity contribution in [2.24, 2.45) is 5.92 Å². The Morgan fingerprint density at radius 1 is 1.46 bits per heavy atom. The van der Waals surface area contributed by atoms with E-state index < -0.39 is 0 Å². The predicted molar refractivity (Wildman–Crippen MR) is 67.2 cm³/mol. The molecule has 13 heavy (non-hydrogen) atoms. The summed E-state index contributed by atoms with van der Waals surface area (Å²) in [6, 6.07) is 6.04. The van der Waals surface area contributed by atoms with Gasteiger partial charge < -0.3 is 4.74 Å². The molecule has 0 heterocycles. The molecule has 0 aliphatic heterocycles. The third-order valence-corrected chi connectivity index (χ3v) is 3.81. The van der Waals surface area contributed by atoms with E-state index in [1.54, 1.807) is 0 Å². The molecule has 0 spiro atoms. The van der Waals surface area contributed by atoms with E-state index in [2.05, 4.69) is 52.4 Å². The van der Waals surface area contributed by atoms with Crippen LogP contribution in [0.15, 0.2) is 22.7 Å². The lowest BCUT2D eigenvalue weighted by atomic mass is 10.2. The van der Waals surface area contributed by atoms with Gasteiger partial charge in [-0.2, -0.15) is 0 Å². The van der Waals surface area contributed by atoms with Gasteiger partial charge in [0, 0.05) is 8.04 Å². The van der Waals surface area contributed by atoms with Crippen LogP contribution in [0.3, 0.4) is 0 Å². The zero-order chi connectivity index (χ0) is 9.84. The molecule has 0 aliphatic rings. The average molecular weight is 355 g/mol. The fraction of sp³-hybridized carbons (Fsp3) is 0.400. The van der Waals surface area contributed by atoms with Crippen LogP contribution in [0.4, 0.5) is 0 Å². The molecule has 0 radical (unpaired) electrons. The SMILES string of the molecule is CC(C)COc1ccc(I)c(Br)c1. The maximum absolute atomic E-state index is 5.57. The van der Waals surface area contributed by atoms with Gasteiger partial charge in [-0.15, -0.1) is 0 Å². The van der Waals surface area contributed by atoms with Crippen molar-refractivity contribution in [2.45, 2.75) is 13.8 Å². The van der Waals surface area contributed by atoms with Crippen LogP contribution in [0.25, 0.3) is 0 Å². The molecule has 0 saturated carbocycles. The Morgan fingerprint density at radius 2 is 2.15 bits per heavy atom. The lowest BCUT2D eigenvalue weighted by molar-refractivity contribution is 0.271. The van der Waals surface area contributed by atoms with E-state index in [1.165, 1.54) is 3.57 Å². The van der Waals surface area contributed by atoms with Crippen molar-refractivity contribution in [1.82, 2.24) is 0 Å². The largest absolute Gasteiger partial charge is 0.493 e. The Labute approximate surface area is 101 Å². The molecule has 1 rings (SSSR count). The van der Waals surface area contributed by atoms with Gasteiger partial charge in [0.05, 0.1) is 6.61 Å². The summed E-state index contributed by atoms with van der Waals surface area (Å²) in [5.41, 5.74) is 0. The smallest absolute Gasteiger partial charge is 0.120 e. The minimum atomic E-state index is 0.568. The molecular formula is C10H12BrIO. The van der Waals surface area contributed by atoms with Crippen molar-refractivity contribution in [3.8, 4) is 5.75 Å². The highest BCUT2D eigenvalue weighted by Gasteiger charge is 2.00. The van der Waals surface area contributed by atoms with Crippen LogP contribution >= 0.6 is 38.5 Å². The third kappa shape index (κ3) is 3.85. The highest BCUT2D eigenvalue weighted by Crippen LogP contribution is 2.24. The first-order chi connectivity index (χ1) is 6.09. The molecule has 0 N–H and O–H groups in total. The summed E-state index contributed by atoms with van der Waals surface area (Å²) < 4.78 is 7.87. The number of halogens is 2. The van der Waals surface area contributed by atoms with Crippen molar-refractivity contribution in [1.29, 1.82) is 0 Å². The van der Waals surface area contributed by atoms with Gasteiger partial charge in [0.2, 0.25) is 0 Å². The summed E-state index contributed by atoms with van der Waals surface area (Å²) in [6.45, 7) is 5.05. The summed E-state index contributed by atoms with van der Waals surface area (Å²) in [7, 11) is 0. The van der Waals surface area contributed by atoms with Crippen LogP contribution in [-0.2, 0) is 0 Å². The molecule has 0 atom stereocenters. The Kier molecular flexibility index (Phi) is 4.52.